The van der Waals surface area contributed by atoms with Crippen LogP contribution in [-0.2, 0) is 0 Å². The van der Waals surface area contributed by atoms with Crippen molar-refractivity contribution in [3.63, 3.8) is 0 Å². The minimum absolute atomic E-state index is 0.175. The molecule has 0 fully saturated rings. The van der Waals surface area contributed by atoms with Crippen molar-refractivity contribution >= 4 is 29.3 Å². The maximum Gasteiger partial charge on any atom is 0.336 e. The third-order valence-electron chi connectivity index (χ3n) is 2.22. The Labute approximate surface area is 112 Å². The van der Waals surface area contributed by atoms with E-state index in [4.69, 9.17) is 16.7 Å². The summed E-state index contributed by atoms with van der Waals surface area (Å²) in [6.07, 6.45) is 0. The van der Waals surface area contributed by atoms with Crippen molar-refractivity contribution in [3.8, 4) is 0 Å². The van der Waals surface area contributed by atoms with E-state index in [0.717, 1.165) is 4.90 Å². The lowest BCUT2D eigenvalue weighted by atomic mass is 10.2. The van der Waals surface area contributed by atoms with E-state index in [-0.39, 0.29) is 11.4 Å². The van der Waals surface area contributed by atoms with Crippen LogP contribution in [0.5, 0.6) is 0 Å². The highest BCUT2D eigenvalue weighted by Crippen LogP contribution is 2.32. The predicted molar refractivity (Wildman–Crippen MR) is 68.9 cm³/mol. The van der Waals surface area contributed by atoms with Crippen LogP contribution in [0.2, 0.25) is 5.02 Å². The topological polar surface area (TPSA) is 37.3 Å². The number of rotatable bonds is 3. The SMILES string of the molecule is O=C(O)c1ccc(Cl)cc1Sc1ccc(F)cc1. The first-order valence-electron chi connectivity index (χ1n) is 5.02. The largest absolute Gasteiger partial charge is 0.478 e. The Morgan fingerprint density at radius 2 is 1.83 bits per heavy atom. The fourth-order valence-electron chi connectivity index (χ4n) is 1.39. The number of benzene rings is 2. The average molecular weight is 283 g/mol. The molecule has 2 aromatic rings. The van der Waals surface area contributed by atoms with Crippen LogP contribution >= 0.6 is 23.4 Å². The number of carboxylic acids is 1. The molecule has 2 rings (SSSR count). The van der Waals surface area contributed by atoms with Gasteiger partial charge in [-0.15, -0.1) is 0 Å². The Morgan fingerprint density at radius 3 is 2.44 bits per heavy atom. The van der Waals surface area contributed by atoms with E-state index in [1.807, 2.05) is 0 Å². The summed E-state index contributed by atoms with van der Waals surface area (Å²) in [5.74, 6) is -1.35. The Kier molecular flexibility index (Phi) is 3.89. The van der Waals surface area contributed by atoms with E-state index in [1.54, 1.807) is 18.2 Å². The third-order valence-corrected chi connectivity index (χ3v) is 3.52. The molecule has 0 unspecified atom stereocenters. The van der Waals surface area contributed by atoms with Crippen LogP contribution in [0.3, 0.4) is 0 Å². The van der Waals surface area contributed by atoms with Crippen LogP contribution in [-0.4, -0.2) is 11.1 Å². The normalized spacial score (nSPS) is 10.3. The number of carboxylic acid groups (broad SMARTS) is 1. The smallest absolute Gasteiger partial charge is 0.336 e. The molecule has 2 nitrogen and oxygen atoms in total. The number of aromatic carboxylic acids is 1. The molecule has 0 aliphatic carbocycles. The molecule has 0 atom stereocenters. The van der Waals surface area contributed by atoms with Crippen molar-refractivity contribution in [2.24, 2.45) is 0 Å². The number of carbonyl (C=O) groups is 1. The second kappa shape index (κ2) is 5.42. The quantitative estimate of drug-likeness (QED) is 0.910. The second-order valence-electron chi connectivity index (χ2n) is 3.50. The van der Waals surface area contributed by atoms with Gasteiger partial charge in [-0.1, -0.05) is 23.4 Å². The van der Waals surface area contributed by atoms with Crippen LogP contribution in [0.1, 0.15) is 10.4 Å². The first-order valence-corrected chi connectivity index (χ1v) is 6.22. The summed E-state index contributed by atoms with van der Waals surface area (Å²) in [7, 11) is 0. The van der Waals surface area contributed by atoms with E-state index >= 15 is 0 Å². The van der Waals surface area contributed by atoms with E-state index in [1.165, 1.54) is 36.0 Å². The number of hydrogen-bond donors (Lipinski definition) is 1. The number of halogens is 2. The van der Waals surface area contributed by atoms with Crippen LogP contribution in [0, 0.1) is 5.82 Å². The summed E-state index contributed by atoms with van der Waals surface area (Å²) in [5, 5.41) is 9.52. The van der Waals surface area contributed by atoms with Crippen LogP contribution in [0.15, 0.2) is 52.3 Å². The summed E-state index contributed by atoms with van der Waals surface area (Å²) in [6.45, 7) is 0. The summed E-state index contributed by atoms with van der Waals surface area (Å²) in [5.41, 5.74) is 0.175. The Morgan fingerprint density at radius 1 is 1.17 bits per heavy atom. The molecule has 2 aromatic carbocycles. The first-order chi connectivity index (χ1) is 8.56. The number of hydrogen-bond acceptors (Lipinski definition) is 2. The summed E-state index contributed by atoms with van der Waals surface area (Å²) < 4.78 is 12.8. The Hall–Kier alpha value is -1.52. The van der Waals surface area contributed by atoms with Crippen molar-refractivity contribution in [2.75, 3.05) is 0 Å². The molecule has 0 radical (unpaired) electrons. The van der Waals surface area contributed by atoms with Gasteiger partial charge in [0.25, 0.3) is 0 Å². The van der Waals surface area contributed by atoms with Crippen molar-refractivity contribution in [2.45, 2.75) is 9.79 Å². The zero-order valence-corrected chi connectivity index (χ0v) is 10.6. The van der Waals surface area contributed by atoms with Crippen molar-refractivity contribution in [3.05, 3.63) is 58.9 Å². The highest BCUT2D eigenvalue weighted by atomic mass is 35.5. The summed E-state index contributed by atoms with van der Waals surface area (Å²) in [6, 6.07) is 10.4. The van der Waals surface area contributed by atoms with E-state index < -0.39 is 5.97 Å². The highest BCUT2D eigenvalue weighted by molar-refractivity contribution is 7.99. The molecular weight excluding hydrogens is 275 g/mol. The maximum atomic E-state index is 12.8. The molecule has 0 spiro atoms. The molecule has 0 bridgehead atoms. The fourth-order valence-corrected chi connectivity index (χ4v) is 2.60. The molecule has 0 saturated heterocycles. The highest BCUT2D eigenvalue weighted by Gasteiger charge is 2.11. The zero-order chi connectivity index (χ0) is 13.1. The van der Waals surface area contributed by atoms with Crippen LogP contribution in [0.25, 0.3) is 0 Å². The lowest BCUT2D eigenvalue weighted by Gasteiger charge is -2.06. The first kappa shape index (κ1) is 12.9. The lowest BCUT2D eigenvalue weighted by molar-refractivity contribution is 0.0693. The van der Waals surface area contributed by atoms with Gasteiger partial charge in [-0.2, -0.15) is 0 Å². The van der Waals surface area contributed by atoms with E-state index in [9.17, 15) is 9.18 Å². The van der Waals surface area contributed by atoms with Crippen LogP contribution in [0.4, 0.5) is 4.39 Å². The van der Waals surface area contributed by atoms with Gasteiger partial charge in [-0.05, 0) is 42.5 Å². The van der Waals surface area contributed by atoms with Crippen LogP contribution < -0.4 is 0 Å². The molecular formula is C13H8ClFO2S. The van der Waals surface area contributed by atoms with Gasteiger partial charge >= 0.3 is 5.97 Å². The van der Waals surface area contributed by atoms with Gasteiger partial charge in [0.1, 0.15) is 5.82 Å². The van der Waals surface area contributed by atoms with Gasteiger partial charge in [-0.3, -0.25) is 0 Å². The monoisotopic (exact) mass is 282 g/mol. The molecule has 0 amide bonds. The van der Waals surface area contributed by atoms with Crippen molar-refractivity contribution in [1.82, 2.24) is 0 Å². The third kappa shape index (κ3) is 3.03. The molecule has 0 heterocycles. The maximum absolute atomic E-state index is 12.8. The summed E-state index contributed by atoms with van der Waals surface area (Å²) in [4.78, 5) is 12.3. The predicted octanol–water partition coefficient (Wildman–Crippen LogP) is 4.33. The molecule has 0 aromatic heterocycles. The minimum atomic E-state index is -1.02. The molecule has 92 valence electrons. The molecule has 0 aliphatic rings. The van der Waals surface area contributed by atoms with Gasteiger partial charge in [0.15, 0.2) is 0 Å². The molecule has 1 N–H and O–H groups in total. The van der Waals surface area contributed by atoms with Gasteiger partial charge in [0.05, 0.1) is 5.56 Å². The minimum Gasteiger partial charge on any atom is -0.478 e. The zero-order valence-electron chi connectivity index (χ0n) is 9.06. The Bertz CT molecular complexity index is 584. The van der Waals surface area contributed by atoms with Crippen molar-refractivity contribution in [1.29, 1.82) is 0 Å². The van der Waals surface area contributed by atoms with E-state index in [0.29, 0.717) is 9.92 Å². The lowest BCUT2D eigenvalue weighted by Crippen LogP contribution is -1.98. The standard InChI is InChI=1S/C13H8ClFO2S/c14-8-1-6-11(13(16)17)12(7-8)18-10-4-2-9(15)3-5-10/h1-7H,(H,16,17). The molecule has 0 aliphatic heterocycles. The van der Waals surface area contributed by atoms with Crippen molar-refractivity contribution < 1.29 is 14.3 Å². The molecule has 18 heavy (non-hydrogen) atoms. The second-order valence-corrected chi connectivity index (χ2v) is 5.05. The summed E-state index contributed by atoms with van der Waals surface area (Å²) >= 11 is 7.08. The molecule has 0 saturated carbocycles. The van der Waals surface area contributed by atoms with Gasteiger partial charge in [0, 0.05) is 14.8 Å². The molecule has 5 heteroatoms. The fraction of sp³-hybridized carbons (Fsp3) is 0. The van der Waals surface area contributed by atoms with E-state index in [2.05, 4.69) is 0 Å². The van der Waals surface area contributed by atoms with Gasteiger partial charge in [0.2, 0.25) is 0 Å². The average Bonchev–Trinajstić information content (AvgIpc) is 2.32. The van der Waals surface area contributed by atoms with Gasteiger partial charge < -0.3 is 5.11 Å². The van der Waals surface area contributed by atoms with Gasteiger partial charge in [-0.25, -0.2) is 9.18 Å². The Balaban J connectivity index is 2.35.